The van der Waals surface area contributed by atoms with Crippen molar-refractivity contribution < 1.29 is 4.79 Å². The van der Waals surface area contributed by atoms with Gasteiger partial charge in [-0.2, -0.15) is 5.10 Å². The van der Waals surface area contributed by atoms with Gasteiger partial charge in [-0.25, -0.2) is 0 Å². The van der Waals surface area contributed by atoms with E-state index < -0.39 is 0 Å². The highest BCUT2D eigenvalue weighted by molar-refractivity contribution is 7.10. The number of aromatic nitrogens is 2. The number of fused-ring (bicyclic) bond motifs is 1. The van der Waals surface area contributed by atoms with Crippen molar-refractivity contribution in [2.75, 3.05) is 12.3 Å². The number of rotatable bonds is 2. The number of nitrogens with two attached hydrogens (primary N) is 1. The van der Waals surface area contributed by atoms with E-state index in [1.165, 1.54) is 10.4 Å². The first-order chi connectivity index (χ1) is 9.61. The number of thiophene rings is 1. The first-order valence-corrected chi connectivity index (χ1v) is 7.65. The lowest BCUT2D eigenvalue weighted by atomic mass is 10.1. The largest absolute Gasteiger partial charge is 0.395 e. The van der Waals surface area contributed by atoms with Crippen LogP contribution in [0.3, 0.4) is 0 Å². The highest BCUT2D eigenvalue weighted by atomic mass is 32.1. The van der Waals surface area contributed by atoms with Crippen LogP contribution in [-0.4, -0.2) is 27.1 Å². The molecule has 0 spiro atoms. The average Bonchev–Trinajstić information content (AvgIpc) is 3.01. The summed E-state index contributed by atoms with van der Waals surface area (Å²) in [6.45, 7) is 3.41. The topological polar surface area (TPSA) is 64.2 Å². The first kappa shape index (κ1) is 13.2. The van der Waals surface area contributed by atoms with E-state index >= 15 is 0 Å². The minimum Gasteiger partial charge on any atom is -0.395 e. The molecular formula is C14H18N4OS. The predicted octanol–water partition coefficient (Wildman–Crippen LogP) is 1.82. The van der Waals surface area contributed by atoms with Gasteiger partial charge in [-0.15, -0.1) is 11.3 Å². The molecule has 0 aromatic carbocycles. The fourth-order valence-corrected chi connectivity index (χ4v) is 3.57. The molecule has 0 atom stereocenters. The third-order valence-corrected chi connectivity index (χ3v) is 4.82. The van der Waals surface area contributed by atoms with E-state index in [4.69, 9.17) is 5.73 Å². The van der Waals surface area contributed by atoms with Crippen LogP contribution in [0.25, 0.3) is 0 Å². The molecule has 0 aliphatic carbocycles. The standard InChI is InChI=1S/C14H18N4OS/c1-3-10-12(15)13(17(2)16-10)14(19)18-6-4-11-9(8-18)5-7-20-11/h5,7H,3-4,6,8,15H2,1-2H3. The molecule has 5 nitrogen and oxygen atoms in total. The molecule has 0 saturated heterocycles. The maximum Gasteiger partial charge on any atom is 0.274 e. The Balaban J connectivity index is 1.89. The number of nitrogens with zero attached hydrogens (tertiary/aromatic N) is 3. The number of hydrogen-bond acceptors (Lipinski definition) is 4. The van der Waals surface area contributed by atoms with Crippen molar-refractivity contribution in [3.8, 4) is 0 Å². The quantitative estimate of drug-likeness (QED) is 0.917. The van der Waals surface area contributed by atoms with Gasteiger partial charge in [0.15, 0.2) is 0 Å². The van der Waals surface area contributed by atoms with Crippen LogP contribution in [0.5, 0.6) is 0 Å². The molecule has 2 aromatic rings. The normalized spacial score (nSPS) is 14.4. The van der Waals surface area contributed by atoms with Crippen LogP contribution in [0, 0.1) is 0 Å². The molecule has 2 N–H and O–H groups in total. The van der Waals surface area contributed by atoms with Gasteiger partial charge >= 0.3 is 0 Å². The fraction of sp³-hybridized carbons (Fsp3) is 0.429. The van der Waals surface area contributed by atoms with E-state index in [1.807, 2.05) is 11.8 Å². The second-order valence-electron chi connectivity index (χ2n) is 5.03. The Morgan fingerprint density at radius 3 is 3.05 bits per heavy atom. The number of aryl methyl sites for hydroxylation is 2. The van der Waals surface area contributed by atoms with E-state index in [0.717, 1.165) is 25.1 Å². The Morgan fingerprint density at radius 1 is 1.55 bits per heavy atom. The summed E-state index contributed by atoms with van der Waals surface area (Å²) in [5, 5.41) is 6.41. The van der Waals surface area contributed by atoms with Gasteiger partial charge < -0.3 is 10.6 Å². The van der Waals surface area contributed by atoms with Gasteiger partial charge in [-0.3, -0.25) is 9.48 Å². The van der Waals surface area contributed by atoms with Gasteiger partial charge in [0.05, 0.1) is 11.4 Å². The van der Waals surface area contributed by atoms with Gasteiger partial charge in [0, 0.05) is 25.0 Å². The van der Waals surface area contributed by atoms with Gasteiger partial charge in [0.1, 0.15) is 5.69 Å². The zero-order valence-electron chi connectivity index (χ0n) is 11.7. The predicted molar refractivity (Wildman–Crippen MR) is 79.8 cm³/mol. The van der Waals surface area contributed by atoms with Crippen molar-refractivity contribution in [2.45, 2.75) is 26.3 Å². The molecule has 1 aliphatic rings. The van der Waals surface area contributed by atoms with Crippen LogP contribution in [0.4, 0.5) is 5.69 Å². The number of nitrogen functional groups attached to an aromatic ring is 1. The molecule has 106 valence electrons. The molecule has 3 heterocycles. The van der Waals surface area contributed by atoms with Crippen LogP contribution in [0.2, 0.25) is 0 Å². The molecule has 0 bridgehead atoms. The van der Waals surface area contributed by atoms with Crippen molar-refractivity contribution in [2.24, 2.45) is 7.05 Å². The summed E-state index contributed by atoms with van der Waals surface area (Å²) in [5.41, 5.74) is 9.16. The Kier molecular flexibility index (Phi) is 3.25. The molecule has 6 heteroatoms. The first-order valence-electron chi connectivity index (χ1n) is 6.77. The average molecular weight is 290 g/mol. The lowest BCUT2D eigenvalue weighted by Crippen LogP contribution is -2.36. The van der Waals surface area contributed by atoms with Crippen molar-refractivity contribution >= 4 is 22.9 Å². The van der Waals surface area contributed by atoms with Crippen LogP contribution >= 0.6 is 11.3 Å². The summed E-state index contributed by atoms with van der Waals surface area (Å²) in [7, 11) is 1.78. The molecule has 1 aliphatic heterocycles. The molecule has 0 unspecified atom stereocenters. The molecule has 0 saturated carbocycles. The van der Waals surface area contributed by atoms with E-state index in [1.54, 1.807) is 23.1 Å². The number of carbonyl (C=O) groups is 1. The third kappa shape index (κ3) is 2.00. The maximum atomic E-state index is 12.7. The summed E-state index contributed by atoms with van der Waals surface area (Å²) in [6.07, 6.45) is 1.67. The van der Waals surface area contributed by atoms with Crippen molar-refractivity contribution in [3.63, 3.8) is 0 Å². The molecular weight excluding hydrogens is 272 g/mol. The van der Waals surface area contributed by atoms with Crippen LogP contribution in [0.1, 0.15) is 33.5 Å². The molecule has 2 aromatic heterocycles. The van der Waals surface area contributed by atoms with Crippen LogP contribution in [-0.2, 0) is 26.4 Å². The summed E-state index contributed by atoms with van der Waals surface area (Å²) in [6, 6.07) is 2.10. The fourth-order valence-electron chi connectivity index (χ4n) is 2.68. The second kappa shape index (κ2) is 4.94. The smallest absolute Gasteiger partial charge is 0.274 e. The summed E-state index contributed by atoms with van der Waals surface area (Å²) >= 11 is 1.77. The highest BCUT2D eigenvalue weighted by Crippen LogP contribution is 2.26. The number of anilines is 1. The molecule has 0 fully saturated rings. The van der Waals surface area contributed by atoms with Gasteiger partial charge in [-0.1, -0.05) is 6.92 Å². The Bertz CT molecular complexity index is 658. The Hall–Kier alpha value is -1.82. The highest BCUT2D eigenvalue weighted by Gasteiger charge is 2.27. The van der Waals surface area contributed by atoms with Crippen molar-refractivity contribution in [3.05, 3.63) is 33.3 Å². The zero-order chi connectivity index (χ0) is 14.3. The van der Waals surface area contributed by atoms with Crippen LogP contribution in [0.15, 0.2) is 11.4 Å². The van der Waals surface area contributed by atoms with E-state index in [2.05, 4.69) is 16.5 Å². The monoisotopic (exact) mass is 290 g/mol. The van der Waals surface area contributed by atoms with E-state index in [0.29, 0.717) is 17.9 Å². The third-order valence-electron chi connectivity index (χ3n) is 3.79. The van der Waals surface area contributed by atoms with Crippen molar-refractivity contribution in [1.82, 2.24) is 14.7 Å². The lowest BCUT2D eigenvalue weighted by Gasteiger charge is -2.27. The Morgan fingerprint density at radius 2 is 2.35 bits per heavy atom. The van der Waals surface area contributed by atoms with Gasteiger partial charge in [0.2, 0.25) is 0 Å². The SMILES string of the molecule is CCc1nn(C)c(C(=O)N2CCc3sccc3C2)c1N. The van der Waals surface area contributed by atoms with Crippen LogP contribution < -0.4 is 5.73 Å². The molecule has 0 radical (unpaired) electrons. The lowest BCUT2D eigenvalue weighted by molar-refractivity contribution is 0.0726. The number of amides is 1. The van der Waals surface area contributed by atoms with Gasteiger partial charge in [0.25, 0.3) is 5.91 Å². The van der Waals surface area contributed by atoms with Crippen molar-refractivity contribution in [1.29, 1.82) is 0 Å². The Labute approximate surface area is 122 Å². The minimum absolute atomic E-state index is 0.0194. The summed E-state index contributed by atoms with van der Waals surface area (Å²) in [5.74, 6) is -0.0194. The number of hydrogen-bond donors (Lipinski definition) is 1. The zero-order valence-corrected chi connectivity index (χ0v) is 12.5. The van der Waals surface area contributed by atoms with Gasteiger partial charge in [-0.05, 0) is 29.9 Å². The minimum atomic E-state index is -0.0194. The molecule has 3 rings (SSSR count). The van der Waals surface area contributed by atoms with E-state index in [9.17, 15) is 4.79 Å². The maximum absolute atomic E-state index is 12.7. The van der Waals surface area contributed by atoms with E-state index in [-0.39, 0.29) is 5.91 Å². The number of carbonyl (C=O) groups excluding carboxylic acids is 1. The second-order valence-corrected chi connectivity index (χ2v) is 6.03. The molecule has 1 amide bonds. The summed E-state index contributed by atoms with van der Waals surface area (Å²) < 4.78 is 1.61. The molecule has 20 heavy (non-hydrogen) atoms. The summed E-state index contributed by atoms with van der Waals surface area (Å²) in [4.78, 5) is 15.9.